The molecular weight excluding hydrogens is 377 g/mol. The van der Waals surface area contributed by atoms with Crippen molar-refractivity contribution in [2.24, 2.45) is 0 Å². The van der Waals surface area contributed by atoms with Crippen LogP contribution in [0.25, 0.3) is 0 Å². The molecule has 0 aliphatic rings. The number of halogens is 1. The predicted molar refractivity (Wildman–Crippen MR) is 97.8 cm³/mol. The summed E-state index contributed by atoms with van der Waals surface area (Å²) in [5.41, 5.74) is 0.261. The van der Waals surface area contributed by atoms with Gasteiger partial charge >= 0.3 is 5.97 Å². The first-order valence-corrected chi connectivity index (χ1v) is 9.06. The van der Waals surface area contributed by atoms with Crippen molar-refractivity contribution in [1.29, 1.82) is 0 Å². The fourth-order valence-electron chi connectivity index (χ4n) is 1.93. The summed E-state index contributed by atoms with van der Waals surface area (Å²) in [4.78, 5) is 35.4. The quantitative estimate of drug-likeness (QED) is 0.660. The number of anilines is 2. The van der Waals surface area contributed by atoms with Crippen LogP contribution in [-0.4, -0.2) is 40.6 Å². The van der Waals surface area contributed by atoms with Crippen molar-refractivity contribution in [2.75, 3.05) is 22.1 Å². The molecule has 1 aromatic carbocycles. The second-order valence-corrected chi connectivity index (χ2v) is 6.48. The van der Waals surface area contributed by atoms with E-state index in [1.807, 2.05) is 0 Å². The molecule has 10 heteroatoms. The highest BCUT2D eigenvalue weighted by atomic mass is 32.2. The Labute approximate surface area is 158 Å². The highest BCUT2D eigenvalue weighted by Crippen LogP contribution is 2.11. The second kappa shape index (κ2) is 9.72. The smallest absolute Gasteiger partial charge is 0.316 e. The van der Waals surface area contributed by atoms with Crippen molar-refractivity contribution >= 4 is 41.1 Å². The van der Waals surface area contributed by atoms with Gasteiger partial charge in [-0.3, -0.25) is 14.4 Å². The molecule has 1 heterocycles. The number of aryl methyl sites for hydroxylation is 1. The number of rotatable bonds is 8. The van der Waals surface area contributed by atoms with E-state index >= 15 is 0 Å². The van der Waals surface area contributed by atoms with E-state index in [9.17, 15) is 18.8 Å². The molecule has 0 saturated carbocycles. The number of benzene rings is 1. The van der Waals surface area contributed by atoms with Gasteiger partial charge in [-0.05, 0) is 32.0 Å². The van der Waals surface area contributed by atoms with Crippen LogP contribution in [0, 0.1) is 12.7 Å². The zero-order chi connectivity index (χ0) is 19.8. The number of hydrogen-bond acceptors (Lipinski definition) is 7. The van der Waals surface area contributed by atoms with E-state index in [1.165, 1.54) is 25.1 Å². The topological polar surface area (TPSA) is 111 Å². The summed E-state index contributed by atoms with van der Waals surface area (Å²) >= 11 is 1.03. The first-order chi connectivity index (χ1) is 12.8. The third kappa shape index (κ3) is 7.10. The maximum Gasteiger partial charge on any atom is 0.316 e. The minimum atomic E-state index is -1.06. The highest BCUT2D eigenvalue weighted by molar-refractivity contribution is 8.00. The zero-order valence-electron chi connectivity index (χ0n) is 14.7. The van der Waals surface area contributed by atoms with E-state index in [-0.39, 0.29) is 23.1 Å². The Morgan fingerprint density at radius 3 is 2.70 bits per heavy atom. The van der Waals surface area contributed by atoms with Gasteiger partial charge in [0.15, 0.2) is 11.9 Å². The van der Waals surface area contributed by atoms with Gasteiger partial charge in [-0.25, -0.2) is 4.39 Å². The predicted octanol–water partition coefficient (Wildman–Crippen LogP) is 2.36. The highest BCUT2D eigenvalue weighted by Gasteiger charge is 2.18. The summed E-state index contributed by atoms with van der Waals surface area (Å²) in [6.45, 7) is 3.09. The number of nitrogens with one attached hydrogen (secondary N) is 2. The number of nitrogens with zero attached hydrogens (tertiary/aromatic N) is 1. The molecule has 2 rings (SSSR count). The molecule has 0 unspecified atom stereocenters. The molecule has 27 heavy (non-hydrogen) atoms. The maximum absolute atomic E-state index is 13.1. The van der Waals surface area contributed by atoms with Crippen LogP contribution >= 0.6 is 11.8 Å². The number of aromatic nitrogens is 1. The van der Waals surface area contributed by atoms with Crippen LogP contribution in [-0.2, 0) is 19.1 Å². The van der Waals surface area contributed by atoms with Crippen molar-refractivity contribution in [3.8, 4) is 0 Å². The minimum Gasteiger partial charge on any atom is -0.452 e. The molecule has 1 aromatic heterocycles. The summed E-state index contributed by atoms with van der Waals surface area (Å²) < 4.78 is 22.9. The van der Waals surface area contributed by atoms with Crippen LogP contribution in [0.3, 0.4) is 0 Å². The average molecular weight is 395 g/mol. The second-order valence-electron chi connectivity index (χ2n) is 5.50. The molecule has 144 valence electrons. The molecule has 0 fully saturated rings. The number of thioether (sulfide) groups is 1. The van der Waals surface area contributed by atoms with Gasteiger partial charge < -0.3 is 19.9 Å². The van der Waals surface area contributed by atoms with Gasteiger partial charge in [-0.15, -0.1) is 11.8 Å². The van der Waals surface area contributed by atoms with E-state index in [0.717, 1.165) is 17.8 Å². The summed E-state index contributed by atoms with van der Waals surface area (Å²) in [7, 11) is 0. The normalized spacial score (nSPS) is 11.5. The Morgan fingerprint density at radius 1 is 1.26 bits per heavy atom. The van der Waals surface area contributed by atoms with Crippen LogP contribution in [0.5, 0.6) is 0 Å². The van der Waals surface area contributed by atoms with Crippen LogP contribution < -0.4 is 10.6 Å². The zero-order valence-corrected chi connectivity index (χ0v) is 15.5. The fraction of sp³-hybridized carbons (Fsp3) is 0.294. The van der Waals surface area contributed by atoms with E-state index in [0.29, 0.717) is 11.6 Å². The summed E-state index contributed by atoms with van der Waals surface area (Å²) in [5, 5.41) is 8.59. The molecular formula is C17H18FN3O5S. The van der Waals surface area contributed by atoms with Crippen LogP contribution in [0.15, 0.2) is 34.9 Å². The van der Waals surface area contributed by atoms with Gasteiger partial charge in [-0.2, -0.15) is 0 Å². The lowest BCUT2D eigenvalue weighted by molar-refractivity contribution is -0.150. The first kappa shape index (κ1) is 20.4. The van der Waals surface area contributed by atoms with Gasteiger partial charge in [0.2, 0.25) is 5.91 Å². The molecule has 2 amide bonds. The molecule has 1 atom stereocenters. The van der Waals surface area contributed by atoms with Gasteiger partial charge in [-0.1, -0.05) is 11.2 Å². The number of hydrogen-bond donors (Lipinski definition) is 2. The van der Waals surface area contributed by atoms with Crippen molar-refractivity contribution in [3.05, 3.63) is 41.9 Å². The molecule has 0 saturated heterocycles. The summed E-state index contributed by atoms with van der Waals surface area (Å²) in [6, 6.07) is 6.92. The third-order valence-electron chi connectivity index (χ3n) is 3.12. The Morgan fingerprint density at radius 2 is 2.04 bits per heavy atom. The van der Waals surface area contributed by atoms with Crippen molar-refractivity contribution < 1.29 is 28.0 Å². The van der Waals surface area contributed by atoms with E-state index in [4.69, 9.17) is 9.26 Å². The average Bonchev–Trinajstić information content (AvgIpc) is 2.99. The SMILES string of the molecule is Cc1cc(NC(=O)CSCC(=O)O[C@H](C)C(=O)Nc2cccc(F)c2)no1. The molecule has 0 radical (unpaired) electrons. The lowest BCUT2D eigenvalue weighted by atomic mass is 10.3. The van der Waals surface area contributed by atoms with Gasteiger partial charge in [0.25, 0.3) is 5.91 Å². The Kier molecular flexibility index (Phi) is 7.35. The molecule has 0 spiro atoms. The standard InChI is InChI=1S/C17H18FN3O5S/c1-10-6-14(21-26-10)20-15(22)8-27-9-16(23)25-11(2)17(24)19-13-5-3-4-12(18)7-13/h3-7,11H,8-9H2,1-2H3,(H,19,24)(H,20,21,22)/t11-/m1/s1. The Balaban J connectivity index is 1.68. The first-order valence-electron chi connectivity index (χ1n) is 7.90. The molecule has 2 N–H and O–H groups in total. The lowest BCUT2D eigenvalue weighted by Gasteiger charge is -2.13. The van der Waals surface area contributed by atoms with E-state index in [1.54, 1.807) is 13.0 Å². The molecule has 0 aliphatic heterocycles. The Hall–Kier alpha value is -2.88. The minimum absolute atomic E-state index is 0.00484. The largest absolute Gasteiger partial charge is 0.452 e. The maximum atomic E-state index is 13.1. The van der Waals surface area contributed by atoms with E-state index in [2.05, 4.69) is 15.8 Å². The van der Waals surface area contributed by atoms with Crippen molar-refractivity contribution in [2.45, 2.75) is 20.0 Å². The number of amides is 2. The fourth-order valence-corrected chi connectivity index (χ4v) is 2.52. The van der Waals surface area contributed by atoms with Gasteiger partial charge in [0, 0.05) is 11.8 Å². The van der Waals surface area contributed by atoms with Gasteiger partial charge in [0.1, 0.15) is 11.6 Å². The number of esters is 1. The lowest BCUT2D eigenvalue weighted by Crippen LogP contribution is -2.30. The number of carbonyl (C=O) groups excluding carboxylic acids is 3. The summed E-state index contributed by atoms with van der Waals surface area (Å²) in [5.74, 6) is -1.32. The van der Waals surface area contributed by atoms with Crippen molar-refractivity contribution in [3.63, 3.8) is 0 Å². The summed E-state index contributed by atoms with van der Waals surface area (Å²) in [6.07, 6.45) is -1.06. The van der Waals surface area contributed by atoms with Crippen LogP contribution in [0.2, 0.25) is 0 Å². The molecule has 2 aromatic rings. The van der Waals surface area contributed by atoms with E-state index < -0.39 is 23.8 Å². The molecule has 8 nitrogen and oxygen atoms in total. The molecule has 0 bridgehead atoms. The Bertz CT molecular complexity index is 826. The van der Waals surface area contributed by atoms with Crippen molar-refractivity contribution in [1.82, 2.24) is 5.16 Å². The van der Waals surface area contributed by atoms with Crippen LogP contribution in [0.1, 0.15) is 12.7 Å². The monoisotopic (exact) mass is 395 g/mol. The number of ether oxygens (including phenoxy) is 1. The van der Waals surface area contributed by atoms with Gasteiger partial charge in [0.05, 0.1) is 11.5 Å². The third-order valence-corrected chi connectivity index (χ3v) is 4.02. The molecule has 0 aliphatic carbocycles. The number of carbonyl (C=O) groups is 3. The van der Waals surface area contributed by atoms with Crippen LogP contribution in [0.4, 0.5) is 15.9 Å².